The van der Waals surface area contributed by atoms with Crippen LogP contribution in [0.4, 0.5) is 4.39 Å². The summed E-state index contributed by atoms with van der Waals surface area (Å²) in [5, 5.41) is 10.5. The molecule has 0 aromatic heterocycles. The third-order valence-electron chi connectivity index (χ3n) is 3.21. The van der Waals surface area contributed by atoms with Gasteiger partial charge in [0.05, 0.1) is 0 Å². The second-order valence-corrected chi connectivity index (χ2v) is 5.78. The number of aliphatic hydroxyl groups is 1. The minimum absolute atomic E-state index is 0.130. The van der Waals surface area contributed by atoms with Crippen LogP contribution in [0.25, 0.3) is 0 Å². The van der Waals surface area contributed by atoms with Crippen LogP contribution in [0, 0.1) is 11.7 Å². The second kappa shape index (κ2) is 6.38. The van der Waals surface area contributed by atoms with Gasteiger partial charge >= 0.3 is 0 Å². The Hall–Kier alpha value is -1.38. The predicted octanol–water partition coefficient (Wildman–Crippen LogP) is 4.76. The average Bonchev–Trinajstić information content (AvgIpc) is 2.38. The Labute approximate surface area is 124 Å². The molecule has 3 heteroatoms. The molecule has 0 fully saturated rings. The molecule has 1 unspecified atom stereocenters. The Morgan fingerprint density at radius 2 is 1.75 bits per heavy atom. The molecule has 1 nitrogen and oxygen atoms in total. The summed E-state index contributed by atoms with van der Waals surface area (Å²) in [6.45, 7) is 4.31. The largest absolute Gasteiger partial charge is 0.383 e. The van der Waals surface area contributed by atoms with Crippen LogP contribution in [-0.2, 0) is 6.42 Å². The molecule has 0 saturated carbocycles. The van der Waals surface area contributed by atoms with Gasteiger partial charge in [-0.15, -0.1) is 0 Å². The van der Waals surface area contributed by atoms with Crippen molar-refractivity contribution in [2.24, 2.45) is 5.92 Å². The molecule has 0 aliphatic carbocycles. The van der Waals surface area contributed by atoms with Gasteiger partial charge < -0.3 is 5.11 Å². The summed E-state index contributed by atoms with van der Waals surface area (Å²) in [4.78, 5) is 0. The normalized spacial score (nSPS) is 12.7. The minimum atomic E-state index is -1.04. The Morgan fingerprint density at radius 3 is 2.30 bits per heavy atom. The van der Waals surface area contributed by atoms with E-state index in [1.807, 2.05) is 24.3 Å². The van der Waals surface area contributed by atoms with Crippen LogP contribution in [0.3, 0.4) is 0 Å². The van der Waals surface area contributed by atoms with Crippen molar-refractivity contribution >= 4 is 11.6 Å². The summed E-state index contributed by atoms with van der Waals surface area (Å²) >= 11 is 5.97. The van der Waals surface area contributed by atoms with Gasteiger partial charge in [-0.2, -0.15) is 0 Å². The second-order valence-electron chi connectivity index (χ2n) is 5.38. The molecule has 2 aromatic rings. The smallest absolute Gasteiger partial charge is 0.130 e. The van der Waals surface area contributed by atoms with E-state index in [0.717, 1.165) is 6.42 Å². The van der Waals surface area contributed by atoms with Crippen molar-refractivity contribution < 1.29 is 9.50 Å². The zero-order chi connectivity index (χ0) is 14.7. The molecule has 0 spiro atoms. The van der Waals surface area contributed by atoms with Crippen LogP contribution in [0.15, 0.2) is 42.5 Å². The van der Waals surface area contributed by atoms with Crippen LogP contribution in [0.1, 0.15) is 36.6 Å². The lowest BCUT2D eigenvalue weighted by Crippen LogP contribution is -2.04. The standard InChI is InChI=1S/C17H18ClFO/c1-11(2)10-12-6-8-13(9-7-12)17(20)16-14(18)4-3-5-15(16)19/h3-9,11,17,20H,10H2,1-2H3. The van der Waals surface area contributed by atoms with E-state index in [2.05, 4.69) is 13.8 Å². The summed E-state index contributed by atoms with van der Waals surface area (Å²) in [7, 11) is 0. The summed E-state index contributed by atoms with van der Waals surface area (Å²) < 4.78 is 13.8. The molecule has 20 heavy (non-hydrogen) atoms. The Morgan fingerprint density at radius 1 is 1.10 bits per heavy atom. The van der Waals surface area contributed by atoms with Crippen molar-refractivity contribution in [1.82, 2.24) is 0 Å². The first-order chi connectivity index (χ1) is 9.49. The minimum Gasteiger partial charge on any atom is -0.383 e. The van der Waals surface area contributed by atoms with Gasteiger partial charge in [0.25, 0.3) is 0 Å². The zero-order valence-electron chi connectivity index (χ0n) is 11.6. The number of rotatable bonds is 4. The fraction of sp³-hybridized carbons (Fsp3) is 0.294. The van der Waals surface area contributed by atoms with Gasteiger partial charge in [-0.05, 0) is 35.6 Å². The molecular formula is C17H18ClFO. The Kier molecular flexibility index (Phi) is 4.79. The van der Waals surface area contributed by atoms with Crippen molar-refractivity contribution in [2.45, 2.75) is 26.4 Å². The maximum Gasteiger partial charge on any atom is 0.130 e. The molecule has 1 atom stereocenters. The molecule has 1 N–H and O–H groups in total. The molecule has 0 aliphatic rings. The number of benzene rings is 2. The van der Waals surface area contributed by atoms with Crippen molar-refractivity contribution in [2.75, 3.05) is 0 Å². The first-order valence-corrected chi connectivity index (χ1v) is 7.07. The molecule has 0 amide bonds. The van der Waals surface area contributed by atoms with Gasteiger partial charge in [-0.1, -0.05) is 55.8 Å². The third-order valence-corrected chi connectivity index (χ3v) is 3.54. The molecule has 0 saturated heterocycles. The van der Waals surface area contributed by atoms with Crippen molar-refractivity contribution in [3.8, 4) is 0 Å². The van der Waals surface area contributed by atoms with Gasteiger partial charge in [0, 0.05) is 10.6 Å². The lowest BCUT2D eigenvalue weighted by atomic mass is 9.97. The van der Waals surface area contributed by atoms with E-state index in [9.17, 15) is 9.50 Å². The van der Waals surface area contributed by atoms with Crippen LogP contribution in [-0.4, -0.2) is 5.11 Å². The van der Waals surface area contributed by atoms with Crippen molar-refractivity contribution in [3.05, 3.63) is 70.0 Å². The quantitative estimate of drug-likeness (QED) is 0.861. The number of aliphatic hydroxyl groups excluding tert-OH is 1. The van der Waals surface area contributed by atoms with Crippen LogP contribution in [0.5, 0.6) is 0 Å². The van der Waals surface area contributed by atoms with E-state index >= 15 is 0 Å². The van der Waals surface area contributed by atoms with Gasteiger partial charge in [-0.25, -0.2) is 4.39 Å². The van der Waals surface area contributed by atoms with Crippen molar-refractivity contribution in [1.29, 1.82) is 0 Å². The maximum absolute atomic E-state index is 13.8. The zero-order valence-corrected chi connectivity index (χ0v) is 12.4. The van der Waals surface area contributed by atoms with Gasteiger partial charge in [0.15, 0.2) is 0 Å². The molecule has 2 rings (SSSR count). The summed E-state index contributed by atoms with van der Waals surface area (Å²) in [5.41, 5.74) is 1.98. The molecule has 0 heterocycles. The third kappa shape index (κ3) is 3.38. The number of hydrogen-bond acceptors (Lipinski definition) is 1. The molecule has 0 bridgehead atoms. The molecule has 0 aliphatic heterocycles. The molecule has 2 aromatic carbocycles. The van der Waals surface area contributed by atoms with E-state index in [0.29, 0.717) is 11.5 Å². The highest BCUT2D eigenvalue weighted by Crippen LogP contribution is 2.30. The summed E-state index contributed by atoms with van der Waals surface area (Å²) in [6.07, 6.45) is -0.0617. The van der Waals surface area contributed by atoms with E-state index in [4.69, 9.17) is 11.6 Å². The van der Waals surface area contributed by atoms with E-state index < -0.39 is 11.9 Å². The van der Waals surface area contributed by atoms with E-state index in [1.165, 1.54) is 17.7 Å². The van der Waals surface area contributed by atoms with Gasteiger partial charge in [-0.3, -0.25) is 0 Å². The highest BCUT2D eigenvalue weighted by Gasteiger charge is 2.18. The van der Waals surface area contributed by atoms with Gasteiger partial charge in [0.1, 0.15) is 11.9 Å². The average molecular weight is 293 g/mol. The molecular weight excluding hydrogens is 275 g/mol. The predicted molar refractivity (Wildman–Crippen MR) is 80.5 cm³/mol. The lowest BCUT2D eigenvalue weighted by molar-refractivity contribution is 0.215. The van der Waals surface area contributed by atoms with Crippen molar-refractivity contribution in [3.63, 3.8) is 0 Å². The van der Waals surface area contributed by atoms with Crippen LogP contribution >= 0.6 is 11.6 Å². The number of hydrogen-bond donors (Lipinski definition) is 1. The topological polar surface area (TPSA) is 20.2 Å². The fourth-order valence-corrected chi connectivity index (χ4v) is 2.51. The summed E-state index contributed by atoms with van der Waals surface area (Å²) in [6, 6.07) is 12.0. The van der Waals surface area contributed by atoms with E-state index in [-0.39, 0.29) is 10.6 Å². The monoisotopic (exact) mass is 292 g/mol. The van der Waals surface area contributed by atoms with Crippen LogP contribution in [0.2, 0.25) is 5.02 Å². The number of halogens is 2. The highest BCUT2D eigenvalue weighted by molar-refractivity contribution is 6.31. The summed E-state index contributed by atoms with van der Waals surface area (Å²) in [5.74, 6) is 0.0862. The highest BCUT2D eigenvalue weighted by atomic mass is 35.5. The van der Waals surface area contributed by atoms with E-state index in [1.54, 1.807) is 6.07 Å². The Bertz CT molecular complexity index is 558. The molecule has 106 valence electrons. The fourth-order valence-electron chi connectivity index (χ4n) is 2.25. The first kappa shape index (κ1) is 15.0. The molecule has 0 radical (unpaired) electrons. The van der Waals surface area contributed by atoms with Gasteiger partial charge in [0.2, 0.25) is 0 Å². The van der Waals surface area contributed by atoms with Crippen LogP contribution < -0.4 is 0 Å². The SMILES string of the molecule is CC(C)Cc1ccc(C(O)c2c(F)cccc2Cl)cc1. The first-order valence-electron chi connectivity index (χ1n) is 6.70. The Balaban J connectivity index is 2.27. The maximum atomic E-state index is 13.8. The lowest BCUT2D eigenvalue weighted by Gasteiger charge is -2.15.